The first-order valence-corrected chi connectivity index (χ1v) is 6.70. The molecule has 1 aromatic rings. The van der Waals surface area contributed by atoms with Crippen LogP contribution in [0.4, 0.5) is 4.39 Å². The Balaban J connectivity index is 0.00000361. The number of carbonyl (C=O) groups is 1. The second-order valence-corrected chi connectivity index (χ2v) is 5.00. The second kappa shape index (κ2) is 8.22. The third-order valence-corrected chi connectivity index (χ3v) is 3.62. The van der Waals surface area contributed by atoms with Gasteiger partial charge in [-0.15, -0.1) is 12.4 Å². The van der Waals surface area contributed by atoms with Crippen molar-refractivity contribution in [3.8, 4) is 0 Å². The van der Waals surface area contributed by atoms with E-state index in [9.17, 15) is 9.18 Å². The van der Waals surface area contributed by atoms with Gasteiger partial charge in [0.25, 0.3) is 0 Å². The fourth-order valence-electron chi connectivity index (χ4n) is 2.03. The Hall–Kier alpha value is -1.13. The molecule has 0 heterocycles. The van der Waals surface area contributed by atoms with Crippen LogP contribution in [0.5, 0.6) is 0 Å². The Morgan fingerprint density at radius 2 is 1.75 bits per heavy atom. The fraction of sp³-hybridized carbons (Fsp3) is 0.533. The van der Waals surface area contributed by atoms with Crippen molar-refractivity contribution in [2.45, 2.75) is 39.8 Å². The number of halogens is 2. The van der Waals surface area contributed by atoms with Gasteiger partial charge in [0.05, 0.1) is 12.0 Å². The molecule has 5 heteroatoms. The Bertz CT molecular complexity index is 422. The van der Waals surface area contributed by atoms with E-state index in [0.717, 1.165) is 5.56 Å². The van der Waals surface area contributed by atoms with Crippen LogP contribution in [0.2, 0.25) is 0 Å². The summed E-state index contributed by atoms with van der Waals surface area (Å²) >= 11 is 0. The normalized spacial score (nSPS) is 14.9. The van der Waals surface area contributed by atoms with Crippen LogP contribution in [0.15, 0.2) is 24.3 Å². The zero-order valence-electron chi connectivity index (χ0n) is 12.5. The molecule has 0 spiro atoms. The molecule has 3 nitrogen and oxygen atoms in total. The molecule has 2 N–H and O–H groups in total. The summed E-state index contributed by atoms with van der Waals surface area (Å²) in [5, 5.41) is 0. The molecule has 0 bridgehead atoms. The third kappa shape index (κ3) is 4.46. The van der Waals surface area contributed by atoms with Gasteiger partial charge in [0.15, 0.2) is 0 Å². The van der Waals surface area contributed by atoms with Gasteiger partial charge in [-0.2, -0.15) is 0 Å². The van der Waals surface area contributed by atoms with Gasteiger partial charge in [0.2, 0.25) is 5.91 Å². The van der Waals surface area contributed by atoms with Crippen molar-refractivity contribution in [3.05, 3.63) is 35.6 Å². The molecule has 0 aliphatic rings. The van der Waals surface area contributed by atoms with Crippen molar-refractivity contribution >= 4 is 18.3 Å². The number of nitrogens with two attached hydrogens (primary N) is 1. The minimum absolute atomic E-state index is 0. The maximum absolute atomic E-state index is 12.9. The molecular weight excluding hydrogens is 279 g/mol. The van der Waals surface area contributed by atoms with Gasteiger partial charge in [0.1, 0.15) is 5.82 Å². The van der Waals surface area contributed by atoms with Gasteiger partial charge >= 0.3 is 0 Å². The van der Waals surface area contributed by atoms with Crippen LogP contribution < -0.4 is 5.73 Å². The zero-order valence-corrected chi connectivity index (χ0v) is 13.3. The molecule has 0 fully saturated rings. The molecule has 0 saturated carbocycles. The van der Waals surface area contributed by atoms with E-state index in [1.165, 1.54) is 12.1 Å². The molecule has 1 rings (SSSR count). The summed E-state index contributed by atoms with van der Waals surface area (Å²) < 4.78 is 12.9. The largest absolute Gasteiger partial charge is 0.336 e. The fourth-order valence-corrected chi connectivity index (χ4v) is 2.03. The molecule has 1 aromatic carbocycles. The van der Waals surface area contributed by atoms with E-state index in [1.807, 2.05) is 27.7 Å². The maximum atomic E-state index is 12.9. The van der Waals surface area contributed by atoms with Gasteiger partial charge in [-0.1, -0.05) is 19.1 Å². The van der Waals surface area contributed by atoms with Crippen LogP contribution >= 0.6 is 12.4 Å². The lowest BCUT2D eigenvalue weighted by Gasteiger charge is -2.32. The van der Waals surface area contributed by atoms with E-state index in [0.29, 0.717) is 6.54 Å². The molecule has 0 radical (unpaired) electrons. The van der Waals surface area contributed by atoms with Crippen LogP contribution in [-0.2, 0) is 4.79 Å². The van der Waals surface area contributed by atoms with E-state index in [-0.39, 0.29) is 42.1 Å². The highest BCUT2D eigenvalue weighted by Crippen LogP contribution is 2.22. The molecular formula is C15H24ClFN2O. The molecule has 0 saturated heterocycles. The topological polar surface area (TPSA) is 46.3 Å². The van der Waals surface area contributed by atoms with Gasteiger partial charge in [-0.3, -0.25) is 4.79 Å². The first-order valence-electron chi connectivity index (χ1n) is 6.70. The number of rotatable bonds is 5. The SMILES string of the molecule is CCN(C(=O)C(C)C(C)N)C(C)c1ccc(F)cc1.Cl. The summed E-state index contributed by atoms with van der Waals surface area (Å²) in [5.74, 6) is -0.452. The van der Waals surface area contributed by atoms with Gasteiger partial charge in [-0.05, 0) is 38.5 Å². The predicted molar refractivity (Wildman–Crippen MR) is 82.3 cm³/mol. The lowest BCUT2D eigenvalue weighted by Crippen LogP contribution is -2.42. The van der Waals surface area contributed by atoms with E-state index in [1.54, 1.807) is 17.0 Å². The highest BCUT2D eigenvalue weighted by atomic mass is 35.5. The molecule has 3 unspecified atom stereocenters. The number of amides is 1. The summed E-state index contributed by atoms with van der Waals surface area (Å²) in [7, 11) is 0. The monoisotopic (exact) mass is 302 g/mol. The van der Waals surface area contributed by atoms with Gasteiger partial charge < -0.3 is 10.6 Å². The molecule has 20 heavy (non-hydrogen) atoms. The summed E-state index contributed by atoms with van der Waals surface area (Å²) in [5.41, 5.74) is 6.72. The van der Waals surface area contributed by atoms with Crippen LogP contribution in [0.1, 0.15) is 39.3 Å². The van der Waals surface area contributed by atoms with Gasteiger partial charge in [0, 0.05) is 12.6 Å². The highest BCUT2D eigenvalue weighted by Gasteiger charge is 2.26. The highest BCUT2D eigenvalue weighted by molar-refractivity contribution is 5.85. The minimum Gasteiger partial charge on any atom is -0.336 e. The van der Waals surface area contributed by atoms with Crippen molar-refractivity contribution in [1.82, 2.24) is 4.90 Å². The molecule has 3 atom stereocenters. The molecule has 0 aliphatic heterocycles. The number of hydrogen-bond acceptors (Lipinski definition) is 2. The molecule has 1 amide bonds. The number of carbonyl (C=O) groups excluding carboxylic acids is 1. The van der Waals surface area contributed by atoms with Crippen molar-refractivity contribution in [3.63, 3.8) is 0 Å². The van der Waals surface area contributed by atoms with Crippen molar-refractivity contribution in [2.75, 3.05) is 6.54 Å². The Kier molecular flexibility index (Phi) is 7.76. The average molecular weight is 303 g/mol. The first-order chi connectivity index (χ1) is 8.88. The maximum Gasteiger partial charge on any atom is 0.227 e. The zero-order chi connectivity index (χ0) is 14.6. The van der Waals surface area contributed by atoms with E-state index in [4.69, 9.17) is 5.73 Å². The number of nitrogens with zero attached hydrogens (tertiary/aromatic N) is 1. The second-order valence-electron chi connectivity index (χ2n) is 5.00. The standard InChI is InChI=1S/C15H23FN2O.ClH/c1-5-18(15(19)10(2)11(3)17)12(4)13-6-8-14(16)9-7-13;/h6-12H,5,17H2,1-4H3;1H. The summed E-state index contributed by atoms with van der Waals surface area (Å²) in [6.07, 6.45) is 0. The summed E-state index contributed by atoms with van der Waals surface area (Å²) in [4.78, 5) is 14.1. The van der Waals surface area contributed by atoms with Crippen LogP contribution in [0.25, 0.3) is 0 Å². The summed E-state index contributed by atoms with van der Waals surface area (Å²) in [6, 6.07) is 6.00. The lowest BCUT2D eigenvalue weighted by molar-refractivity contribution is -0.137. The van der Waals surface area contributed by atoms with E-state index in [2.05, 4.69) is 0 Å². The summed E-state index contributed by atoms with van der Waals surface area (Å²) in [6.45, 7) is 8.16. The Labute approximate surface area is 126 Å². The smallest absolute Gasteiger partial charge is 0.227 e. The first kappa shape index (κ1) is 18.9. The van der Waals surface area contributed by atoms with Crippen LogP contribution in [-0.4, -0.2) is 23.4 Å². The third-order valence-electron chi connectivity index (χ3n) is 3.62. The molecule has 114 valence electrons. The van der Waals surface area contributed by atoms with Crippen molar-refractivity contribution < 1.29 is 9.18 Å². The van der Waals surface area contributed by atoms with Crippen LogP contribution in [0.3, 0.4) is 0 Å². The Morgan fingerprint density at radius 1 is 1.25 bits per heavy atom. The van der Waals surface area contributed by atoms with E-state index < -0.39 is 0 Å². The van der Waals surface area contributed by atoms with Gasteiger partial charge in [-0.25, -0.2) is 4.39 Å². The number of benzene rings is 1. The number of hydrogen-bond donors (Lipinski definition) is 1. The molecule has 0 aliphatic carbocycles. The average Bonchev–Trinajstić information content (AvgIpc) is 2.38. The molecule has 0 aromatic heterocycles. The van der Waals surface area contributed by atoms with Crippen LogP contribution in [0, 0.1) is 11.7 Å². The minimum atomic E-state index is -0.269. The van der Waals surface area contributed by atoms with Crippen molar-refractivity contribution in [2.24, 2.45) is 11.7 Å². The lowest BCUT2D eigenvalue weighted by atomic mass is 10.00. The Morgan fingerprint density at radius 3 is 2.15 bits per heavy atom. The van der Waals surface area contributed by atoms with Crippen molar-refractivity contribution in [1.29, 1.82) is 0 Å². The predicted octanol–water partition coefficient (Wildman–Crippen LogP) is 3.14. The quantitative estimate of drug-likeness (QED) is 0.908. The van der Waals surface area contributed by atoms with E-state index >= 15 is 0 Å².